The minimum absolute atomic E-state index is 0.893. The van der Waals surface area contributed by atoms with Crippen LogP contribution in [0.25, 0.3) is 17.0 Å². The number of furan rings is 1. The van der Waals surface area contributed by atoms with E-state index in [4.69, 9.17) is 4.42 Å². The molecule has 2 aromatic rings. The van der Waals surface area contributed by atoms with Gasteiger partial charge in [0.1, 0.15) is 5.58 Å². The monoisotopic (exact) mass is 204 g/mol. The van der Waals surface area contributed by atoms with Crippen molar-refractivity contribution in [3.63, 3.8) is 0 Å². The smallest absolute Gasteiger partial charge is 0.133 e. The van der Waals surface area contributed by atoms with E-state index in [0.717, 1.165) is 23.1 Å². The maximum atomic E-state index is 5.26. The molecule has 0 atom stereocenters. The van der Waals surface area contributed by atoms with E-state index in [1.54, 1.807) is 6.26 Å². The third kappa shape index (κ3) is 2.02. The molecule has 72 valence electrons. The van der Waals surface area contributed by atoms with Crippen LogP contribution in [0.4, 0.5) is 0 Å². The molecule has 0 saturated carbocycles. The van der Waals surface area contributed by atoms with Crippen molar-refractivity contribution >= 4 is 29.7 Å². The first-order valence-corrected chi connectivity index (χ1v) is 5.28. The number of benzene rings is 1. The quantitative estimate of drug-likeness (QED) is 0.751. The number of allylic oxidation sites excluding steroid dienone is 1. The molecule has 2 rings (SSSR count). The Balaban J connectivity index is 2.25. The van der Waals surface area contributed by atoms with Crippen molar-refractivity contribution in [2.75, 3.05) is 5.75 Å². The van der Waals surface area contributed by atoms with Crippen molar-refractivity contribution in [1.82, 2.24) is 0 Å². The van der Waals surface area contributed by atoms with Crippen molar-refractivity contribution in [1.29, 1.82) is 0 Å². The maximum absolute atomic E-state index is 5.26. The van der Waals surface area contributed by atoms with Gasteiger partial charge in [0, 0.05) is 5.39 Å². The van der Waals surface area contributed by atoms with E-state index in [-0.39, 0.29) is 0 Å². The fourth-order valence-corrected chi connectivity index (χ4v) is 1.53. The average molecular weight is 204 g/mol. The SMILES string of the molecule is SCCC=Cc1ccc2occc2c1. The minimum atomic E-state index is 0.893. The van der Waals surface area contributed by atoms with Crippen LogP contribution in [0.3, 0.4) is 0 Å². The van der Waals surface area contributed by atoms with Gasteiger partial charge in [0.15, 0.2) is 0 Å². The Bertz CT molecular complexity index is 442. The highest BCUT2D eigenvalue weighted by atomic mass is 32.1. The Morgan fingerprint density at radius 3 is 3.07 bits per heavy atom. The first-order valence-electron chi connectivity index (χ1n) is 4.65. The minimum Gasteiger partial charge on any atom is -0.464 e. The molecule has 0 fully saturated rings. The third-order valence-electron chi connectivity index (χ3n) is 2.08. The molecular weight excluding hydrogens is 192 g/mol. The number of hydrogen-bond donors (Lipinski definition) is 1. The molecule has 14 heavy (non-hydrogen) atoms. The fourth-order valence-electron chi connectivity index (χ4n) is 1.38. The van der Waals surface area contributed by atoms with Crippen LogP contribution < -0.4 is 0 Å². The molecule has 0 saturated heterocycles. The lowest BCUT2D eigenvalue weighted by molar-refractivity contribution is 0.616. The fraction of sp³-hybridized carbons (Fsp3) is 0.167. The highest BCUT2D eigenvalue weighted by molar-refractivity contribution is 7.80. The highest BCUT2D eigenvalue weighted by Gasteiger charge is 1.95. The summed E-state index contributed by atoms with van der Waals surface area (Å²) in [6.45, 7) is 0. The summed E-state index contributed by atoms with van der Waals surface area (Å²) in [5.41, 5.74) is 2.15. The largest absolute Gasteiger partial charge is 0.464 e. The molecule has 0 aliphatic carbocycles. The summed E-state index contributed by atoms with van der Waals surface area (Å²) in [7, 11) is 0. The number of hydrogen-bond acceptors (Lipinski definition) is 2. The summed E-state index contributed by atoms with van der Waals surface area (Å²) in [4.78, 5) is 0. The molecule has 1 heterocycles. The lowest BCUT2D eigenvalue weighted by Crippen LogP contribution is -1.72. The number of thiol groups is 1. The van der Waals surface area contributed by atoms with E-state index in [9.17, 15) is 0 Å². The average Bonchev–Trinajstić information content (AvgIpc) is 2.65. The molecule has 2 heteroatoms. The first kappa shape index (κ1) is 9.41. The summed E-state index contributed by atoms with van der Waals surface area (Å²) >= 11 is 4.15. The molecule has 0 amide bonds. The van der Waals surface area contributed by atoms with Crippen molar-refractivity contribution in [2.24, 2.45) is 0 Å². The Morgan fingerprint density at radius 2 is 2.21 bits per heavy atom. The Hall–Kier alpha value is -1.15. The normalized spacial score (nSPS) is 11.5. The van der Waals surface area contributed by atoms with Crippen molar-refractivity contribution < 1.29 is 4.42 Å². The Kier molecular flexibility index (Phi) is 2.94. The lowest BCUT2D eigenvalue weighted by atomic mass is 10.1. The van der Waals surface area contributed by atoms with Crippen LogP contribution in [0.1, 0.15) is 12.0 Å². The van der Waals surface area contributed by atoms with Gasteiger partial charge in [-0.3, -0.25) is 0 Å². The molecule has 0 radical (unpaired) electrons. The topological polar surface area (TPSA) is 13.1 Å². The van der Waals surface area contributed by atoms with Crippen LogP contribution in [-0.2, 0) is 0 Å². The van der Waals surface area contributed by atoms with Gasteiger partial charge in [-0.05, 0) is 35.9 Å². The van der Waals surface area contributed by atoms with Crippen molar-refractivity contribution in [3.05, 3.63) is 42.2 Å². The van der Waals surface area contributed by atoms with Gasteiger partial charge >= 0.3 is 0 Å². The van der Waals surface area contributed by atoms with E-state index in [0.29, 0.717) is 0 Å². The van der Waals surface area contributed by atoms with E-state index in [1.165, 1.54) is 5.56 Å². The maximum Gasteiger partial charge on any atom is 0.133 e. The zero-order valence-corrected chi connectivity index (χ0v) is 8.71. The van der Waals surface area contributed by atoms with Gasteiger partial charge in [-0.25, -0.2) is 0 Å². The van der Waals surface area contributed by atoms with Crippen molar-refractivity contribution in [2.45, 2.75) is 6.42 Å². The Morgan fingerprint density at radius 1 is 1.29 bits per heavy atom. The van der Waals surface area contributed by atoms with E-state index in [1.807, 2.05) is 12.1 Å². The summed E-state index contributed by atoms with van der Waals surface area (Å²) in [5, 5.41) is 1.15. The third-order valence-corrected chi connectivity index (χ3v) is 2.34. The van der Waals surface area contributed by atoms with Crippen LogP contribution in [0.2, 0.25) is 0 Å². The van der Waals surface area contributed by atoms with Gasteiger partial charge in [0.25, 0.3) is 0 Å². The molecule has 1 nitrogen and oxygen atoms in total. The second kappa shape index (κ2) is 4.38. The lowest BCUT2D eigenvalue weighted by Gasteiger charge is -1.93. The summed E-state index contributed by atoms with van der Waals surface area (Å²) in [6.07, 6.45) is 6.97. The highest BCUT2D eigenvalue weighted by Crippen LogP contribution is 2.17. The van der Waals surface area contributed by atoms with Gasteiger partial charge in [-0.2, -0.15) is 12.6 Å². The zero-order valence-electron chi connectivity index (χ0n) is 7.81. The summed E-state index contributed by atoms with van der Waals surface area (Å²) < 4.78 is 5.26. The second-order valence-corrected chi connectivity index (χ2v) is 3.58. The molecule has 0 unspecified atom stereocenters. The standard InChI is InChI=1S/C12H12OS/c14-8-2-1-3-10-4-5-12-11(9-10)6-7-13-12/h1,3-7,9,14H,2,8H2. The first-order chi connectivity index (χ1) is 6.90. The molecule has 1 aromatic heterocycles. The molecule has 0 N–H and O–H groups in total. The molecular formula is C12H12OS. The van der Waals surface area contributed by atoms with Crippen LogP contribution >= 0.6 is 12.6 Å². The van der Waals surface area contributed by atoms with Gasteiger partial charge in [0.2, 0.25) is 0 Å². The molecule has 0 aliphatic heterocycles. The molecule has 0 spiro atoms. The van der Waals surface area contributed by atoms with Gasteiger partial charge in [0.05, 0.1) is 6.26 Å². The number of rotatable bonds is 3. The van der Waals surface area contributed by atoms with Crippen molar-refractivity contribution in [3.8, 4) is 0 Å². The van der Waals surface area contributed by atoms with Gasteiger partial charge in [-0.1, -0.05) is 18.2 Å². The summed E-state index contributed by atoms with van der Waals surface area (Å²) in [6, 6.07) is 8.15. The summed E-state index contributed by atoms with van der Waals surface area (Å²) in [5.74, 6) is 0.893. The van der Waals surface area contributed by atoms with E-state index >= 15 is 0 Å². The molecule has 0 bridgehead atoms. The van der Waals surface area contributed by atoms with Crippen LogP contribution in [0.5, 0.6) is 0 Å². The van der Waals surface area contributed by atoms with Crippen LogP contribution in [0, 0.1) is 0 Å². The zero-order chi connectivity index (χ0) is 9.80. The molecule has 0 aliphatic rings. The molecule has 1 aromatic carbocycles. The van der Waals surface area contributed by atoms with Crippen LogP contribution in [-0.4, -0.2) is 5.75 Å². The second-order valence-electron chi connectivity index (χ2n) is 3.13. The predicted molar refractivity (Wildman–Crippen MR) is 63.7 cm³/mol. The predicted octanol–water partition coefficient (Wildman–Crippen LogP) is 3.77. The number of fused-ring (bicyclic) bond motifs is 1. The van der Waals surface area contributed by atoms with E-state index < -0.39 is 0 Å². The van der Waals surface area contributed by atoms with Gasteiger partial charge < -0.3 is 4.42 Å². The van der Waals surface area contributed by atoms with Crippen LogP contribution in [0.15, 0.2) is 41.0 Å². The van der Waals surface area contributed by atoms with Gasteiger partial charge in [-0.15, -0.1) is 0 Å². The van der Waals surface area contributed by atoms with E-state index in [2.05, 4.69) is 36.9 Å². The Labute approximate surface area is 88.8 Å².